The summed E-state index contributed by atoms with van der Waals surface area (Å²) in [5.41, 5.74) is 3.17. The third-order valence-electron chi connectivity index (χ3n) is 7.41. The standard InChI is InChI=1S/C27H38O3/c1-6-23(28)19-30-25-13-7-20(8-14-25)26(2,3)21-15-17-27(4,18-16-21)22-9-11-24(29-5)12-10-22/h7-14,21,23,28H,6,15-19H2,1-5H3. The van der Waals surface area contributed by atoms with E-state index in [1.165, 1.54) is 36.8 Å². The molecule has 0 amide bonds. The molecule has 2 aromatic rings. The molecular formula is C27H38O3. The number of hydrogen-bond acceptors (Lipinski definition) is 3. The Balaban J connectivity index is 1.63. The third-order valence-corrected chi connectivity index (χ3v) is 7.41. The minimum atomic E-state index is -0.400. The maximum Gasteiger partial charge on any atom is 0.119 e. The molecule has 1 aliphatic carbocycles. The normalized spacial score (nSPS) is 23.1. The van der Waals surface area contributed by atoms with Gasteiger partial charge in [0.15, 0.2) is 0 Å². The van der Waals surface area contributed by atoms with Gasteiger partial charge in [-0.1, -0.05) is 52.0 Å². The smallest absolute Gasteiger partial charge is 0.119 e. The number of hydrogen-bond donors (Lipinski definition) is 1. The monoisotopic (exact) mass is 410 g/mol. The molecule has 1 unspecified atom stereocenters. The summed E-state index contributed by atoms with van der Waals surface area (Å²) in [4.78, 5) is 0. The lowest BCUT2D eigenvalue weighted by Crippen LogP contribution is -2.36. The zero-order valence-corrected chi connectivity index (χ0v) is 19.3. The van der Waals surface area contributed by atoms with Crippen LogP contribution in [0.2, 0.25) is 0 Å². The van der Waals surface area contributed by atoms with E-state index < -0.39 is 6.10 Å². The van der Waals surface area contributed by atoms with Crippen LogP contribution in [0, 0.1) is 5.92 Å². The lowest BCUT2D eigenvalue weighted by molar-refractivity contribution is 0.104. The van der Waals surface area contributed by atoms with Crippen molar-refractivity contribution in [1.82, 2.24) is 0 Å². The zero-order valence-electron chi connectivity index (χ0n) is 19.3. The second kappa shape index (κ2) is 9.43. The Kier molecular flexibility index (Phi) is 7.13. The SMILES string of the molecule is CCC(O)COc1ccc(C(C)(C)C2CCC(C)(c3ccc(OC)cc3)CC2)cc1. The van der Waals surface area contributed by atoms with Crippen molar-refractivity contribution in [1.29, 1.82) is 0 Å². The van der Waals surface area contributed by atoms with Gasteiger partial charge in [0, 0.05) is 0 Å². The number of aliphatic hydroxyl groups is 1. The molecule has 0 spiro atoms. The van der Waals surface area contributed by atoms with Crippen molar-refractivity contribution in [3.63, 3.8) is 0 Å². The van der Waals surface area contributed by atoms with Crippen molar-refractivity contribution in [2.75, 3.05) is 13.7 Å². The number of rotatable bonds is 8. The van der Waals surface area contributed by atoms with E-state index in [1.807, 2.05) is 19.1 Å². The van der Waals surface area contributed by atoms with E-state index in [4.69, 9.17) is 9.47 Å². The predicted octanol–water partition coefficient (Wildman–Crippen LogP) is 6.27. The van der Waals surface area contributed by atoms with Crippen LogP contribution >= 0.6 is 0 Å². The topological polar surface area (TPSA) is 38.7 Å². The van der Waals surface area contributed by atoms with Crippen molar-refractivity contribution >= 4 is 0 Å². The maximum atomic E-state index is 9.69. The van der Waals surface area contributed by atoms with Crippen LogP contribution in [0.5, 0.6) is 11.5 Å². The van der Waals surface area contributed by atoms with Gasteiger partial charge in [0.2, 0.25) is 0 Å². The van der Waals surface area contributed by atoms with Crippen LogP contribution in [-0.2, 0) is 10.8 Å². The van der Waals surface area contributed by atoms with Crippen LogP contribution < -0.4 is 9.47 Å². The predicted molar refractivity (Wildman–Crippen MR) is 124 cm³/mol. The van der Waals surface area contributed by atoms with Crippen molar-refractivity contribution in [3.8, 4) is 11.5 Å². The van der Waals surface area contributed by atoms with Crippen LogP contribution in [0.4, 0.5) is 0 Å². The second-order valence-corrected chi connectivity index (χ2v) is 9.68. The summed E-state index contributed by atoms with van der Waals surface area (Å²) in [5.74, 6) is 2.42. The van der Waals surface area contributed by atoms with Gasteiger partial charge in [-0.2, -0.15) is 0 Å². The van der Waals surface area contributed by atoms with Gasteiger partial charge in [0.05, 0.1) is 13.2 Å². The summed E-state index contributed by atoms with van der Waals surface area (Å²) in [6, 6.07) is 17.1. The van der Waals surface area contributed by atoms with Gasteiger partial charge in [0.1, 0.15) is 18.1 Å². The molecule has 1 atom stereocenters. The molecule has 1 saturated carbocycles. The number of benzene rings is 2. The van der Waals surface area contributed by atoms with Crippen molar-refractivity contribution in [3.05, 3.63) is 59.7 Å². The van der Waals surface area contributed by atoms with Gasteiger partial charge in [-0.3, -0.25) is 0 Å². The molecule has 0 aromatic heterocycles. The highest BCUT2D eigenvalue weighted by molar-refractivity contribution is 5.34. The van der Waals surface area contributed by atoms with E-state index in [0.717, 1.165) is 11.5 Å². The molecule has 0 aliphatic heterocycles. The van der Waals surface area contributed by atoms with Gasteiger partial charge >= 0.3 is 0 Å². The minimum absolute atomic E-state index is 0.128. The molecule has 1 N–H and O–H groups in total. The van der Waals surface area contributed by atoms with E-state index >= 15 is 0 Å². The Hall–Kier alpha value is -2.00. The van der Waals surface area contributed by atoms with E-state index in [9.17, 15) is 5.11 Å². The average Bonchev–Trinajstić information content (AvgIpc) is 2.78. The summed E-state index contributed by atoms with van der Waals surface area (Å²) in [5, 5.41) is 9.69. The van der Waals surface area contributed by atoms with E-state index in [1.54, 1.807) is 7.11 Å². The maximum absolute atomic E-state index is 9.69. The van der Waals surface area contributed by atoms with Crippen LogP contribution in [0.1, 0.15) is 70.9 Å². The van der Waals surface area contributed by atoms with Crippen molar-refractivity contribution in [2.24, 2.45) is 5.92 Å². The molecule has 0 saturated heterocycles. The molecule has 1 aliphatic rings. The molecule has 3 nitrogen and oxygen atoms in total. The quantitative estimate of drug-likeness (QED) is 0.557. The molecular weight excluding hydrogens is 372 g/mol. The average molecular weight is 411 g/mol. The Morgan fingerprint density at radius 3 is 2.10 bits per heavy atom. The molecule has 3 heteroatoms. The second-order valence-electron chi connectivity index (χ2n) is 9.68. The van der Waals surface area contributed by atoms with Crippen LogP contribution in [-0.4, -0.2) is 24.9 Å². The minimum Gasteiger partial charge on any atom is -0.497 e. The van der Waals surface area contributed by atoms with Gasteiger partial charge in [0.25, 0.3) is 0 Å². The van der Waals surface area contributed by atoms with Crippen LogP contribution in [0.25, 0.3) is 0 Å². The van der Waals surface area contributed by atoms with E-state index in [2.05, 4.69) is 57.2 Å². The first-order chi connectivity index (χ1) is 14.3. The lowest BCUT2D eigenvalue weighted by Gasteiger charge is -2.44. The largest absolute Gasteiger partial charge is 0.497 e. The highest BCUT2D eigenvalue weighted by Crippen LogP contribution is 2.48. The number of aliphatic hydroxyl groups excluding tert-OH is 1. The summed E-state index contributed by atoms with van der Waals surface area (Å²) >= 11 is 0. The molecule has 3 rings (SSSR count). The summed E-state index contributed by atoms with van der Waals surface area (Å²) in [7, 11) is 1.72. The number of ether oxygens (including phenoxy) is 2. The lowest BCUT2D eigenvalue weighted by atomic mass is 9.60. The molecule has 0 radical (unpaired) electrons. The first kappa shape index (κ1) is 22.7. The van der Waals surface area contributed by atoms with E-state index in [0.29, 0.717) is 18.9 Å². The van der Waals surface area contributed by atoms with Crippen molar-refractivity contribution in [2.45, 2.75) is 76.7 Å². The van der Waals surface area contributed by atoms with E-state index in [-0.39, 0.29) is 10.8 Å². The molecule has 1 fully saturated rings. The first-order valence-corrected chi connectivity index (χ1v) is 11.3. The molecule has 164 valence electrons. The van der Waals surface area contributed by atoms with Gasteiger partial charge in [-0.05, 0) is 84.2 Å². The molecule has 2 aromatic carbocycles. The van der Waals surface area contributed by atoms with Crippen LogP contribution in [0.15, 0.2) is 48.5 Å². The summed E-state index contributed by atoms with van der Waals surface area (Å²) < 4.78 is 11.0. The highest BCUT2D eigenvalue weighted by atomic mass is 16.5. The van der Waals surface area contributed by atoms with Gasteiger partial charge in [-0.25, -0.2) is 0 Å². The molecule has 30 heavy (non-hydrogen) atoms. The fraction of sp³-hybridized carbons (Fsp3) is 0.556. The highest BCUT2D eigenvalue weighted by Gasteiger charge is 2.39. The van der Waals surface area contributed by atoms with Gasteiger partial charge < -0.3 is 14.6 Å². The van der Waals surface area contributed by atoms with Crippen LogP contribution in [0.3, 0.4) is 0 Å². The third kappa shape index (κ3) is 5.00. The Labute approximate surface area is 182 Å². The van der Waals surface area contributed by atoms with Gasteiger partial charge in [-0.15, -0.1) is 0 Å². The summed E-state index contributed by atoms with van der Waals surface area (Å²) in [6.07, 6.45) is 5.20. The fourth-order valence-corrected chi connectivity index (χ4v) is 4.79. The fourth-order valence-electron chi connectivity index (χ4n) is 4.79. The zero-order chi connectivity index (χ0) is 21.8. The Morgan fingerprint density at radius 2 is 1.57 bits per heavy atom. The Morgan fingerprint density at radius 1 is 1.00 bits per heavy atom. The Bertz CT molecular complexity index is 784. The molecule has 0 bridgehead atoms. The molecule has 0 heterocycles. The summed E-state index contributed by atoms with van der Waals surface area (Å²) in [6.45, 7) is 9.49. The number of methoxy groups -OCH3 is 1. The first-order valence-electron chi connectivity index (χ1n) is 11.3. The van der Waals surface area contributed by atoms with Crippen molar-refractivity contribution < 1.29 is 14.6 Å².